The van der Waals surface area contributed by atoms with Gasteiger partial charge in [-0.15, -0.1) is 11.3 Å². The van der Waals surface area contributed by atoms with E-state index in [4.69, 9.17) is 0 Å². The van der Waals surface area contributed by atoms with Crippen molar-refractivity contribution in [2.45, 2.75) is 38.3 Å². The topological polar surface area (TPSA) is 18.5 Å². The maximum atomic E-state index is 3.76. The SMILES string of the molecule is CCCNC(Cc1cc(Br)cs1)CC1CN(C)CCN1C. The lowest BCUT2D eigenvalue weighted by Gasteiger charge is -2.39. The lowest BCUT2D eigenvalue weighted by atomic mass is 10.00. The zero-order valence-corrected chi connectivity index (χ0v) is 15.8. The molecule has 1 aromatic heterocycles. The molecule has 1 aliphatic heterocycles. The lowest BCUT2D eigenvalue weighted by molar-refractivity contribution is 0.101. The first-order valence-electron chi connectivity index (χ1n) is 7.93. The number of nitrogens with one attached hydrogen (secondary N) is 1. The molecule has 3 nitrogen and oxygen atoms in total. The van der Waals surface area contributed by atoms with Crippen molar-refractivity contribution < 1.29 is 0 Å². The Morgan fingerprint density at radius 2 is 2.24 bits per heavy atom. The molecule has 120 valence electrons. The molecular formula is C16H28BrN3S. The number of halogens is 1. The van der Waals surface area contributed by atoms with Gasteiger partial charge in [0.25, 0.3) is 0 Å². The maximum absolute atomic E-state index is 3.76. The zero-order chi connectivity index (χ0) is 15.2. The van der Waals surface area contributed by atoms with Crippen LogP contribution in [0.5, 0.6) is 0 Å². The Balaban J connectivity index is 1.94. The van der Waals surface area contributed by atoms with Gasteiger partial charge in [0.1, 0.15) is 0 Å². The molecule has 0 radical (unpaired) electrons. The van der Waals surface area contributed by atoms with Crippen LogP contribution in [0, 0.1) is 0 Å². The second-order valence-electron chi connectivity index (χ2n) is 6.22. The Labute approximate surface area is 141 Å². The van der Waals surface area contributed by atoms with Crippen molar-refractivity contribution in [1.82, 2.24) is 15.1 Å². The fourth-order valence-corrected chi connectivity index (χ4v) is 4.51. The van der Waals surface area contributed by atoms with E-state index in [9.17, 15) is 0 Å². The van der Waals surface area contributed by atoms with E-state index in [1.54, 1.807) is 0 Å². The quantitative estimate of drug-likeness (QED) is 0.792. The van der Waals surface area contributed by atoms with Gasteiger partial charge in [-0.1, -0.05) is 6.92 Å². The third-order valence-electron chi connectivity index (χ3n) is 4.29. The van der Waals surface area contributed by atoms with Crippen molar-refractivity contribution >= 4 is 27.3 Å². The van der Waals surface area contributed by atoms with Gasteiger partial charge in [0, 0.05) is 46.4 Å². The van der Waals surface area contributed by atoms with Crippen molar-refractivity contribution in [3.63, 3.8) is 0 Å². The first kappa shape index (κ1) is 17.4. The molecule has 1 fully saturated rings. The Morgan fingerprint density at radius 3 is 2.90 bits per heavy atom. The summed E-state index contributed by atoms with van der Waals surface area (Å²) in [4.78, 5) is 6.47. The maximum Gasteiger partial charge on any atom is 0.0285 e. The normalized spacial score (nSPS) is 22.6. The smallest absolute Gasteiger partial charge is 0.0285 e. The van der Waals surface area contributed by atoms with Gasteiger partial charge in [-0.05, 0) is 61.9 Å². The number of hydrogen-bond acceptors (Lipinski definition) is 4. The molecule has 0 saturated carbocycles. The van der Waals surface area contributed by atoms with Crippen molar-refractivity contribution in [2.24, 2.45) is 0 Å². The first-order valence-corrected chi connectivity index (χ1v) is 9.60. The molecule has 21 heavy (non-hydrogen) atoms. The molecule has 1 aliphatic rings. The van der Waals surface area contributed by atoms with E-state index in [-0.39, 0.29) is 0 Å². The van der Waals surface area contributed by atoms with Crippen LogP contribution in [0.4, 0.5) is 0 Å². The summed E-state index contributed by atoms with van der Waals surface area (Å²) in [6, 6.07) is 3.51. The molecule has 1 aromatic rings. The fraction of sp³-hybridized carbons (Fsp3) is 0.750. The van der Waals surface area contributed by atoms with Crippen molar-refractivity contribution in [2.75, 3.05) is 40.3 Å². The van der Waals surface area contributed by atoms with Gasteiger partial charge in [0.15, 0.2) is 0 Å². The Bertz CT molecular complexity index is 423. The molecule has 0 bridgehead atoms. The molecule has 5 heteroatoms. The van der Waals surface area contributed by atoms with Crippen LogP contribution in [0.3, 0.4) is 0 Å². The van der Waals surface area contributed by atoms with Crippen molar-refractivity contribution in [3.8, 4) is 0 Å². The molecule has 0 spiro atoms. The summed E-state index contributed by atoms with van der Waals surface area (Å²) >= 11 is 5.43. The van der Waals surface area contributed by atoms with Gasteiger partial charge < -0.3 is 15.1 Å². The van der Waals surface area contributed by atoms with Crippen LogP contribution >= 0.6 is 27.3 Å². The molecule has 2 rings (SSSR count). The average Bonchev–Trinajstić information content (AvgIpc) is 2.85. The third kappa shape index (κ3) is 5.64. The summed E-state index contributed by atoms with van der Waals surface area (Å²) in [5, 5.41) is 5.94. The molecule has 1 N–H and O–H groups in total. The molecule has 1 saturated heterocycles. The summed E-state index contributed by atoms with van der Waals surface area (Å²) < 4.78 is 1.21. The van der Waals surface area contributed by atoms with Crippen molar-refractivity contribution in [1.29, 1.82) is 0 Å². The summed E-state index contributed by atoms with van der Waals surface area (Å²) in [5.74, 6) is 0. The molecule has 0 aliphatic carbocycles. The van der Waals surface area contributed by atoms with Crippen LogP contribution in [-0.2, 0) is 6.42 Å². The van der Waals surface area contributed by atoms with E-state index in [1.807, 2.05) is 11.3 Å². The van der Waals surface area contributed by atoms with Gasteiger partial charge in [-0.3, -0.25) is 0 Å². The molecule has 2 heterocycles. The number of rotatable bonds is 7. The van der Waals surface area contributed by atoms with E-state index in [0.29, 0.717) is 12.1 Å². The number of piperazine rings is 1. The molecule has 2 unspecified atom stereocenters. The number of hydrogen-bond donors (Lipinski definition) is 1. The second kappa shape index (κ2) is 8.63. The Morgan fingerprint density at radius 1 is 1.43 bits per heavy atom. The largest absolute Gasteiger partial charge is 0.314 e. The lowest BCUT2D eigenvalue weighted by Crippen LogP contribution is -2.52. The minimum absolute atomic E-state index is 0.578. The molecule has 0 amide bonds. The summed E-state index contributed by atoms with van der Waals surface area (Å²) in [6.45, 7) is 6.93. The molecule has 2 atom stereocenters. The van der Waals surface area contributed by atoms with Crippen LogP contribution < -0.4 is 5.32 Å². The van der Waals surface area contributed by atoms with Crippen LogP contribution in [0.1, 0.15) is 24.6 Å². The summed E-state index contributed by atoms with van der Waals surface area (Å²) in [5.41, 5.74) is 0. The average molecular weight is 374 g/mol. The summed E-state index contributed by atoms with van der Waals surface area (Å²) in [7, 11) is 4.52. The number of likely N-dealkylation sites (N-methyl/N-ethyl adjacent to an activating group) is 2. The fourth-order valence-electron chi connectivity index (χ4n) is 2.98. The number of thiophene rings is 1. The second-order valence-corrected chi connectivity index (χ2v) is 8.13. The van der Waals surface area contributed by atoms with Crippen LogP contribution in [0.2, 0.25) is 0 Å². The van der Waals surface area contributed by atoms with E-state index in [2.05, 4.69) is 63.5 Å². The Hall–Kier alpha value is 0.0600. The van der Waals surface area contributed by atoms with Crippen LogP contribution in [0.25, 0.3) is 0 Å². The van der Waals surface area contributed by atoms with Gasteiger partial charge in [-0.2, -0.15) is 0 Å². The predicted molar refractivity (Wildman–Crippen MR) is 96.3 cm³/mol. The zero-order valence-electron chi connectivity index (χ0n) is 13.4. The third-order valence-corrected chi connectivity index (χ3v) is 6.01. The van der Waals surface area contributed by atoms with Crippen molar-refractivity contribution in [3.05, 3.63) is 20.8 Å². The summed E-state index contributed by atoms with van der Waals surface area (Å²) in [6.07, 6.45) is 3.58. The van der Waals surface area contributed by atoms with Gasteiger partial charge in [0.2, 0.25) is 0 Å². The standard InChI is InChI=1S/C16H28BrN3S/c1-4-5-18-14(10-16-8-13(17)12-21-16)9-15-11-19(2)6-7-20(15)3/h8,12,14-15,18H,4-7,9-11H2,1-3H3. The van der Waals surface area contributed by atoms with E-state index >= 15 is 0 Å². The molecule has 0 aromatic carbocycles. The van der Waals surface area contributed by atoms with Gasteiger partial charge in [0.05, 0.1) is 0 Å². The van der Waals surface area contributed by atoms with E-state index in [0.717, 1.165) is 13.0 Å². The minimum Gasteiger partial charge on any atom is -0.314 e. The van der Waals surface area contributed by atoms with Crippen LogP contribution in [-0.4, -0.2) is 62.2 Å². The Kier molecular flexibility index (Phi) is 7.16. The van der Waals surface area contributed by atoms with Gasteiger partial charge >= 0.3 is 0 Å². The highest BCUT2D eigenvalue weighted by Gasteiger charge is 2.25. The molecular weight excluding hydrogens is 346 g/mol. The highest BCUT2D eigenvalue weighted by Crippen LogP contribution is 2.23. The predicted octanol–water partition coefficient (Wildman–Crippen LogP) is 3.06. The first-order chi connectivity index (χ1) is 10.1. The van der Waals surface area contributed by atoms with E-state index < -0.39 is 0 Å². The highest BCUT2D eigenvalue weighted by atomic mass is 79.9. The number of nitrogens with zero attached hydrogens (tertiary/aromatic N) is 2. The minimum atomic E-state index is 0.578. The highest BCUT2D eigenvalue weighted by molar-refractivity contribution is 9.10. The van der Waals surface area contributed by atoms with E-state index in [1.165, 1.54) is 41.8 Å². The van der Waals surface area contributed by atoms with Gasteiger partial charge in [-0.25, -0.2) is 0 Å². The van der Waals surface area contributed by atoms with Crippen LogP contribution in [0.15, 0.2) is 15.9 Å². The monoisotopic (exact) mass is 373 g/mol.